The molecule has 0 spiro atoms. The highest BCUT2D eigenvalue weighted by atomic mass is 35.7. The molecule has 1 heterocycles. The second-order valence-corrected chi connectivity index (χ2v) is 5.69. The van der Waals surface area contributed by atoms with Gasteiger partial charge in [-0.2, -0.15) is 0 Å². The van der Waals surface area contributed by atoms with E-state index >= 15 is 0 Å². The highest BCUT2D eigenvalue weighted by molar-refractivity contribution is 5.69. The Morgan fingerprint density at radius 1 is 0.667 bits per heavy atom. The third-order valence-corrected chi connectivity index (χ3v) is 3.08. The van der Waals surface area contributed by atoms with Crippen molar-refractivity contribution in [1.29, 1.82) is 0 Å². The Morgan fingerprint density at radius 2 is 1.12 bits per heavy atom. The van der Waals surface area contributed by atoms with Gasteiger partial charge in [-0.1, -0.05) is 48.5 Å². The average Bonchev–Trinajstić information content (AvgIpc) is 2.54. The highest BCUT2D eigenvalue weighted by Gasteiger charge is 2.15. The Morgan fingerprint density at radius 3 is 1.62 bits per heavy atom. The molecule has 3 rings (SSSR count). The molecule has 6 heteroatoms. The molecule has 2 aromatic carbocycles. The molecule has 0 atom stereocenters. The van der Waals surface area contributed by atoms with Crippen LogP contribution in [0, 0.1) is 17.2 Å². The summed E-state index contributed by atoms with van der Waals surface area (Å²) in [5.74, 6) is 1.82. The van der Waals surface area contributed by atoms with E-state index in [-0.39, 0.29) is 0 Å². The van der Waals surface area contributed by atoms with Crippen molar-refractivity contribution < 1.29 is 33.3 Å². The smallest absolute Gasteiger partial charge is 0.222 e. The van der Waals surface area contributed by atoms with Crippen molar-refractivity contribution in [3.05, 3.63) is 78.6 Å². The summed E-state index contributed by atoms with van der Waals surface area (Å²) in [6.07, 6.45) is 0. The van der Waals surface area contributed by atoms with E-state index in [4.69, 9.17) is 23.1 Å². The lowest BCUT2D eigenvalue weighted by Gasteiger charge is -2.17. The molecule has 5 nitrogen and oxygen atoms in total. The second kappa shape index (κ2) is 8.01. The van der Waals surface area contributed by atoms with Crippen molar-refractivity contribution in [3.8, 4) is 22.5 Å². The zero-order chi connectivity index (χ0) is 17.6. The molecule has 24 heavy (non-hydrogen) atoms. The van der Waals surface area contributed by atoms with Gasteiger partial charge in [0, 0.05) is 11.6 Å². The second-order valence-electron chi connectivity index (χ2n) is 4.93. The van der Waals surface area contributed by atoms with Gasteiger partial charge in [0.15, 0.2) is 0 Å². The zero-order valence-electron chi connectivity index (χ0n) is 12.8. The number of hydrogen-bond acceptors (Lipinski definition) is 4. The molecule has 0 saturated heterocycles. The maximum atomic E-state index is 8.49. The minimum absolute atomic E-state index is 0.902. The molecule has 1 aromatic heterocycles. The summed E-state index contributed by atoms with van der Waals surface area (Å²) in [6, 6.07) is 24.7. The van der Waals surface area contributed by atoms with Crippen molar-refractivity contribution in [2.24, 2.45) is 0 Å². The van der Waals surface area contributed by atoms with Crippen LogP contribution in [0.25, 0.3) is 22.5 Å². The minimum atomic E-state index is -4.94. The molecule has 0 N–H and O–H groups in total. The predicted octanol–water partition coefficient (Wildman–Crippen LogP) is 0.447. The first kappa shape index (κ1) is 18.1. The minimum Gasteiger partial charge on any atom is -0.222 e. The van der Waals surface area contributed by atoms with Crippen LogP contribution in [0.4, 0.5) is 0 Å². The van der Waals surface area contributed by atoms with E-state index in [1.807, 2.05) is 31.2 Å². The van der Waals surface area contributed by atoms with Gasteiger partial charge in [0.1, 0.15) is 0 Å². The molecule has 3 aromatic rings. The van der Waals surface area contributed by atoms with Gasteiger partial charge in [-0.15, -0.1) is 10.2 Å². The SMILES string of the molecule is Cc1cc(-c2ccccc2)cc(-c2ccccc2)[o+]1.[O-][Cl+3]([O-])([O-])[O-]. The fourth-order valence-electron chi connectivity index (χ4n) is 2.18. The van der Waals surface area contributed by atoms with Gasteiger partial charge >= 0.3 is 11.5 Å². The Bertz CT molecular complexity index is 707. The zero-order valence-corrected chi connectivity index (χ0v) is 13.6. The van der Waals surface area contributed by atoms with Crippen molar-refractivity contribution >= 4 is 0 Å². The molecule has 0 bridgehead atoms. The summed E-state index contributed by atoms with van der Waals surface area (Å²) in [5, 5.41) is 0. The Labute approximate surface area is 141 Å². The van der Waals surface area contributed by atoms with Crippen LogP contribution in [0.3, 0.4) is 0 Å². The summed E-state index contributed by atoms with van der Waals surface area (Å²) in [5.41, 5.74) is 3.49. The third-order valence-electron chi connectivity index (χ3n) is 3.08. The van der Waals surface area contributed by atoms with Gasteiger partial charge < -0.3 is 0 Å². The van der Waals surface area contributed by atoms with Gasteiger partial charge in [0.05, 0.1) is 18.6 Å². The summed E-state index contributed by atoms with van der Waals surface area (Å²) >= 11 is 0. The first-order valence-corrected chi connectivity index (χ1v) is 8.24. The van der Waals surface area contributed by atoms with Crippen LogP contribution in [0.15, 0.2) is 77.2 Å². The number of aryl methyl sites for hydroxylation is 1. The number of halogens is 1. The number of hydrogen-bond donors (Lipinski definition) is 0. The molecule has 0 aliphatic carbocycles. The van der Waals surface area contributed by atoms with Crippen LogP contribution in [0.5, 0.6) is 0 Å². The molecule has 0 radical (unpaired) electrons. The monoisotopic (exact) mass is 346 g/mol. The molecule has 0 unspecified atom stereocenters. The van der Waals surface area contributed by atoms with E-state index in [1.54, 1.807) is 0 Å². The molecular weight excluding hydrogens is 332 g/mol. The summed E-state index contributed by atoms with van der Waals surface area (Å²) in [7, 11) is -4.94. The molecule has 0 fully saturated rings. The van der Waals surface area contributed by atoms with Crippen molar-refractivity contribution in [2.75, 3.05) is 0 Å². The van der Waals surface area contributed by atoms with E-state index in [1.165, 1.54) is 11.1 Å². The van der Waals surface area contributed by atoms with Crippen LogP contribution < -0.4 is 18.6 Å². The first-order valence-electron chi connectivity index (χ1n) is 7.00. The van der Waals surface area contributed by atoms with E-state index in [0.29, 0.717) is 0 Å². The van der Waals surface area contributed by atoms with E-state index in [2.05, 4.69) is 48.5 Å². The fourth-order valence-corrected chi connectivity index (χ4v) is 2.18. The lowest BCUT2D eigenvalue weighted by molar-refractivity contribution is -2.00. The van der Waals surface area contributed by atoms with Gasteiger partial charge in [-0.05, 0) is 17.7 Å². The van der Waals surface area contributed by atoms with Crippen LogP contribution in [-0.4, -0.2) is 0 Å². The molecule has 0 aliphatic rings. The molecule has 0 aliphatic heterocycles. The van der Waals surface area contributed by atoms with Crippen LogP contribution >= 0.6 is 0 Å². The Kier molecular flexibility index (Phi) is 6.03. The van der Waals surface area contributed by atoms with Gasteiger partial charge in [-0.3, -0.25) is 0 Å². The standard InChI is InChI=1S/C18H15O.ClHO4/c1-14-12-17(15-8-4-2-5-9-15)13-18(19-14)16-10-6-3-7-11-16;2-1(3,4)5/h2-13H,1H3;(H,2,3,4,5)/q+1;/p-1. The van der Waals surface area contributed by atoms with E-state index < -0.39 is 10.2 Å². The van der Waals surface area contributed by atoms with E-state index in [9.17, 15) is 0 Å². The van der Waals surface area contributed by atoms with Crippen LogP contribution in [-0.2, 0) is 0 Å². The molecular formula is C18H15ClO5. The summed E-state index contributed by atoms with van der Waals surface area (Å²) in [6.45, 7) is 1.98. The molecule has 0 saturated carbocycles. The lowest BCUT2D eigenvalue weighted by Crippen LogP contribution is -2.68. The number of benzene rings is 2. The lowest BCUT2D eigenvalue weighted by atomic mass is 10.0. The summed E-state index contributed by atoms with van der Waals surface area (Å²) < 4.78 is 39.8. The van der Waals surface area contributed by atoms with Crippen LogP contribution in [0.1, 0.15) is 5.76 Å². The average molecular weight is 347 g/mol. The first-order chi connectivity index (χ1) is 11.3. The molecule has 124 valence electrons. The highest BCUT2D eigenvalue weighted by Crippen LogP contribution is 2.27. The maximum Gasteiger partial charge on any atom is 0.360 e. The topological polar surface area (TPSA) is 104 Å². The Hall–Kier alpha value is -2.28. The normalized spacial score (nSPS) is 10.7. The Balaban J connectivity index is 0.000000368. The van der Waals surface area contributed by atoms with Crippen LogP contribution in [0.2, 0.25) is 0 Å². The fraction of sp³-hybridized carbons (Fsp3) is 0.0556. The van der Waals surface area contributed by atoms with E-state index in [0.717, 1.165) is 17.1 Å². The third kappa shape index (κ3) is 6.08. The van der Waals surface area contributed by atoms with Crippen molar-refractivity contribution in [2.45, 2.75) is 6.92 Å². The van der Waals surface area contributed by atoms with Gasteiger partial charge in [0.25, 0.3) is 0 Å². The summed E-state index contributed by atoms with van der Waals surface area (Å²) in [4.78, 5) is 0. The predicted molar refractivity (Wildman–Crippen MR) is 78.7 cm³/mol. The number of rotatable bonds is 2. The maximum absolute atomic E-state index is 8.49. The quantitative estimate of drug-likeness (QED) is 0.626. The van der Waals surface area contributed by atoms with Crippen molar-refractivity contribution in [1.82, 2.24) is 0 Å². The largest absolute Gasteiger partial charge is 0.360 e. The van der Waals surface area contributed by atoms with Crippen molar-refractivity contribution in [3.63, 3.8) is 0 Å². The van der Waals surface area contributed by atoms with Gasteiger partial charge in [-0.25, -0.2) is 23.1 Å². The van der Waals surface area contributed by atoms with Gasteiger partial charge in [0.2, 0.25) is 0 Å². The molecule has 0 amide bonds.